The van der Waals surface area contributed by atoms with Crippen LogP contribution in [0.5, 0.6) is 0 Å². The van der Waals surface area contributed by atoms with Crippen LogP contribution in [0.1, 0.15) is 31.7 Å². The number of rotatable bonds is 9. The standard InChI is InChI=1S/C14H21ClN2O3/c1-2-3-11(6-7-18)9-16-10-12-4-5-13(15)14(8-12)17(19)20/h4-5,8,11,16,18H,2-3,6-7,9-10H2,1H3. The van der Waals surface area contributed by atoms with Crippen LogP contribution in [0.15, 0.2) is 18.2 Å². The van der Waals surface area contributed by atoms with Gasteiger partial charge in [-0.25, -0.2) is 0 Å². The van der Waals surface area contributed by atoms with Gasteiger partial charge in [0.15, 0.2) is 0 Å². The molecule has 0 aliphatic carbocycles. The number of benzene rings is 1. The molecule has 0 aromatic heterocycles. The van der Waals surface area contributed by atoms with Crippen molar-refractivity contribution in [2.24, 2.45) is 5.92 Å². The molecule has 1 rings (SSSR count). The smallest absolute Gasteiger partial charge is 0.288 e. The number of nitrogens with zero attached hydrogens (tertiary/aromatic N) is 1. The molecule has 5 nitrogen and oxygen atoms in total. The fourth-order valence-corrected chi connectivity index (χ4v) is 2.35. The predicted octanol–water partition coefficient (Wildman–Crippen LogP) is 3.14. The van der Waals surface area contributed by atoms with Crippen LogP contribution >= 0.6 is 11.6 Å². The first-order valence-corrected chi connectivity index (χ1v) is 7.20. The van der Waals surface area contributed by atoms with Crippen LogP contribution in [0.4, 0.5) is 5.69 Å². The second-order valence-electron chi connectivity index (χ2n) is 4.84. The molecule has 0 aliphatic heterocycles. The molecule has 1 aromatic carbocycles. The summed E-state index contributed by atoms with van der Waals surface area (Å²) in [4.78, 5) is 10.3. The van der Waals surface area contributed by atoms with Gasteiger partial charge in [0, 0.05) is 19.2 Å². The molecule has 0 aliphatic rings. The number of nitrogens with one attached hydrogen (secondary N) is 1. The van der Waals surface area contributed by atoms with Gasteiger partial charge in [-0.3, -0.25) is 10.1 Å². The van der Waals surface area contributed by atoms with Crippen molar-refractivity contribution >= 4 is 17.3 Å². The lowest BCUT2D eigenvalue weighted by molar-refractivity contribution is -0.384. The maximum Gasteiger partial charge on any atom is 0.288 e. The summed E-state index contributed by atoms with van der Waals surface area (Å²) in [6.07, 6.45) is 2.93. The number of hydrogen-bond acceptors (Lipinski definition) is 4. The van der Waals surface area contributed by atoms with Gasteiger partial charge in [-0.15, -0.1) is 0 Å². The highest BCUT2D eigenvalue weighted by molar-refractivity contribution is 6.32. The largest absolute Gasteiger partial charge is 0.396 e. The summed E-state index contributed by atoms with van der Waals surface area (Å²) in [5, 5.41) is 23.2. The third-order valence-electron chi connectivity index (χ3n) is 3.20. The average Bonchev–Trinajstić information content (AvgIpc) is 2.41. The molecule has 0 fully saturated rings. The van der Waals surface area contributed by atoms with Gasteiger partial charge in [0.05, 0.1) is 4.92 Å². The number of halogens is 1. The Balaban J connectivity index is 2.53. The molecule has 1 aromatic rings. The van der Waals surface area contributed by atoms with Crippen molar-refractivity contribution in [3.63, 3.8) is 0 Å². The van der Waals surface area contributed by atoms with Gasteiger partial charge in [0.1, 0.15) is 5.02 Å². The van der Waals surface area contributed by atoms with Crippen molar-refractivity contribution < 1.29 is 10.0 Å². The fraction of sp³-hybridized carbons (Fsp3) is 0.571. The Morgan fingerprint density at radius 3 is 2.80 bits per heavy atom. The van der Waals surface area contributed by atoms with Crippen LogP contribution in [0, 0.1) is 16.0 Å². The molecular weight excluding hydrogens is 280 g/mol. The molecule has 0 bridgehead atoms. The Morgan fingerprint density at radius 1 is 1.45 bits per heavy atom. The predicted molar refractivity (Wildman–Crippen MR) is 79.9 cm³/mol. The fourth-order valence-electron chi connectivity index (χ4n) is 2.17. The quantitative estimate of drug-likeness (QED) is 0.542. The summed E-state index contributed by atoms with van der Waals surface area (Å²) in [6, 6.07) is 4.83. The Hall–Kier alpha value is -1.17. The Bertz CT molecular complexity index is 434. The average molecular weight is 301 g/mol. The SMILES string of the molecule is CCCC(CCO)CNCc1ccc(Cl)c([N+](=O)[O-])c1. The summed E-state index contributed by atoms with van der Waals surface area (Å²) < 4.78 is 0. The third kappa shape index (κ3) is 5.45. The minimum Gasteiger partial charge on any atom is -0.396 e. The topological polar surface area (TPSA) is 75.4 Å². The van der Waals surface area contributed by atoms with Crippen molar-refractivity contribution in [3.8, 4) is 0 Å². The second kappa shape index (κ2) is 8.89. The maximum atomic E-state index is 10.8. The molecule has 20 heavy (non-hydrogen) atoms. The van der Waals surface area contributed by atoms with Crippen molar-refractivity contribution in [1.29, 1.82) is 0 Å². The van der Waals surface area contributed by atoms with Gasteiger partial charge in [-0.2, -0.15) is 0 Å². The molecule has 0 heterocycles. The van der Waals surface area contributed by atoms with Gasteiger partial charge < -0.3 is 10.4 Å². The number of aliphatic hydroxyl groups is 1. The van der Waals surface area contributed by atoms with E-state index in [0.717, 1.165) is 31.4 Å². The number of nitro groups is 1. The monoisotopic (exact) mass is 300 g/mol. The highest BCUT2D eigenvalue weighted by Gasteiger charge is 2.13. The van der Waals surface area contributed by atoms with Gasteiger partial charge in [-0.1, -0.05) is 31.0 Å². The first kappa shape index (κ1) is 16.9. The van der Waals surface area contributed by atoms with Gasteiger partial charge in [-0.05, 0) is 36.9 Å². The van der Waals surface area contributed by atoms with E-state index in [9.17, 15) is 10.1 Å². The summed E-state index contributed by atoms with van der Waals surface area (Å²) >= 11 is 5.77. The summed E-state index contributed by atoms with van der Waals surface area (Å²) in [6.45, 7) is 3.67. The van der Waals surface area contributed by atoms with Crippen molar-refractivity contribution in [1.82, 2.24) is 5.32 Å². The van der Waals surface area contributed by atoms with Crippen molar-refractivity contribution in [2.75, 3.05) is 13.2 Å². The minimum atomic E-state index is -0.475. The number of nitro benzene ring substituents is 1. The van der Waals surface area contributed by atoms with E-state index >= 15 is 0 Å². The molecule has 0 saturated heterocycles. The molecule has 0 spiro atoms. The van der Waals surface area contributed by atoms with E-state index in [1.807, 2.05) is 0 Å². The van der Waals surface area contributed by atoms with Crippen LogP contribution in [0.2, 0.25) is 5.02 Å². The third-order valence-corrected chi connectivity index (χ3v) is 3.52. The second-order valence-corrected chi connectivity index (χ2v) is 5.25. The zero-order chi connectivity index (χ0) is 15.0. The summed E-state index contributed by atoms with van der Waals surface area (Å²) in [7, 11) is 0. The molecule has 2 N–H and O–H groups in total. The van der Waals surface area contributed by atoms with E-state index in [4.69, 9.17) is 16.7 Å². The molecule has 0 amide bonds. The number of aliphatic hydroxyl groups excluding tert-OH is 1. The van der Waals surface area contributed by atoms with Crippen molar-refractivity contribution in [2.45, 2.75) is 32.7 Å². The molecule has 1 atom stereocenters. The van der Waals surface area contributed by atoms with Crippen LogP contribution in [-0.2, 0) is 6.54 Å². The number of hydrogen-bond donors (Lipinski definition) is 2. The van der Waals surface area contributed by atoms with Gasteiger partial charge >= 0.3 is 0 Å². The Labute approximate surface area is 124 Å². The van der Waals surface area contributed by atoms with E-state index in [1.54, 1.807) is 12.1 Å². The van der Waals surface area contributed by atoms with E-state index in [2.05, 4.69) is 12.2 Å². The normalized spacial score (nSPS) is 12.3. The molecule has 0 radical (unpaired) electrons. The zero-order valence-electron chi connectivity index (χ0n) is 11.6. The van der Waals surface area contributed by atoms with E-state index < -0.39 is 4.92 Å². The molecule has 6 heteroatoms. The molecule has 112 valence electrons. The lowest BCUT2D eigenvalue weighted by atomic mass is 10.0. The first-order chi connectivity index (χ1) is 9.58. The Morgan fingerprint density at radius 2 is 2.20 bits per heavy atom. The van der Waals surface area contributed by atoms with Crippen LogP contribution in [0.25, 0.3) is 0 Å². The lowest BCUT2D eigenvalue weighted by Gasteiger charge is -2.15. The minimum absolute atomic E-state index is 0.0635. The van der Waals surface area contributed by atoms with E-state index in [0.29, 0.717) is 12.5 Å². The molecular formula is C14H21ClN2O3. The lowest BCUT2D eigenvalue weighted by Crippen LogP contribution is -2.23. The molecule has 1 unspecified atom stereocenters. The van der Waals surface area contributed by atoms with E-state index in [-0.39, 0.29) is 17.3 Å². The highest BCUT2D eigenvalue weighted by atomic mass is 35.5. The highest BCUT2D eigenvalue weighted by Crippen LogP contribution is 2.25. The first-order valence-electron chi connectivity index (χ1n) is 6.82. The van der Waals surface area contributed by atoms with Crippen LogP contribution in [0.3, 0.4) is 0 Å². The van der Waals surface area contributed by atoms with Crippen LogP contribution < -0.4 is 5.32 Å². The van der Waals surface area contributed by atoms with E-state index in [1.165, 1.54) is 6.07 Å². The summed E-state index contributed by atoms with van der Waals surface area (Å²) in [5.41, 5.74) is 0.770. The van der Waals surface area contributed by atoms with Crippen molar-refractivity contribution in [3.05, 3.63) is 38.9 Å². The summed E-state index contributed by atoms with van der Waals surface area (Å²) in [5.74, 6) is 0.437. The van der Waals surface area contributed by atoms with Gasteiger partial charge in [0.2, 0.25) is 0 Å². The molecule has 0 saturated carbocycles. The zero-order valence-corrected chi connectivity index (χ0v) is 12.4. The maximum absolute atomic E-state index is 10.8. The van der Waals surface area contributed by atoms with Gasteiger partial charge in [0.25, 0.3) is 5.69 Å². The Kier molecular flexibility index (Phi) is 7.51. The van der Waals surface area contributed by atoms with Crippen LogP contribution in [-0.4, -0.2) is 23.2 Å².